The van der Waals surface area contributed by atoms with E-state index in [0.717, 1.165) is 10.9 Å². The molecule has 3 aromatic rings. The number of rotatable bonds is 2. The van der Waals surface area contributed by atoms with E-state index in [4.69, 9.17) is 5.73 Å². The van der Waals surface area contributed by atoms with Crippen LogP contribution >= 0.6 is 0 Å². The smallest absolute Gasteiger partial charge is 0.258 e. The highest BCUT2D eigenvalue weighted by atomic mass is 16.1. The Morgan fingerprint density at radius 1 is 1.33 bits per heavy atom. The minimum absolute atomic E-state index is 0.212. The van der Waals surface area contributed by atoms with Crippen LogP contribution in [-0.4, -0.2) is 21.1 Å². The van der Waals surface area contributed by atoms with Crippen LogP contribution < -0.4 is 11.1 Å². The van der Waals surface area contributed by atoms with Crippen molar-refractivity contribution >= 4 is 28.3 Å². The number of H-pyrrole nitrogens is 2. The lowest BCUT2D eigenvalue weighted by molar-refractivity contribution is 0.102. The summed E-state index contributed by atoms with van der Waals surface area (Å²) in [4.78, 5) is 15.1. The van der Waals surface area contributed by atoms with E-state index >= 15 is 0 Å². The second-order valence-electron chi connectivity index (χ2n) is 3.93. The predicted molar refractivity (Wildman–Crippen MR) is 69.3 cm³/mol. The van der Waals surface area contributed by atoms with Crippen LogP contribution in [0.1, 0.15) is 10.4 Å². The first-order valence-corrected chi connectivity index (χ1v) is 5.41. The zero-order valence-corrected chi connectivity index (χ0v) is 9.40. The molecule has 0 saturated carbocycles. The van der Waals surface area contributed by atoms with Crippen molar-refractivity contribution in [1.82, 2.24) is 15.2 Å². The van der Waals surface area contributed by atoms with Gasteiger partial charge < -0.3 is 16.0 Å². The molecule has 0 radical (unpaired) electrons. The average Bonchev–Trinajstić information content (AvgIpc) is 2.97. The lowest BCUT2D eigenvalue weighted by Gasteiger charge is -2.01. The van der Waals surface area contributed by atoms with Crippen molar-refractivity contribution in [2.45, 2.75) is 0 Å². The molecule has 0 unspecified atom stereocenters. The molecule has 90 valence electrons. The molecule has 0 saturated heterocycles. The van der Waals surface area contributed by atoms with E-state index in [2.05, 4.69) is 20.5 Å². The molecule has 2 aromatic heterocycles. The van der Waals surface area contributed by atoms with E-state index in [-0.39, 0.29) is 5.91 Å². The van der Waals surface area contributed by atoms with E-state index in [9.17, 15) is 4.79 Å². The number of hydrogen-bond donors (Lipinski definition) is 4. The Morgan fingerprint density at radius 3 is 3.00 bits per heavy atom. The zero-order valence-electron chi connectivity index (χ0n) is 9.40. The second kappa shape index (κ2) is 3.92. The predicted octanol–water partition coefficient (Wildman–Crippen LogP) is 1.73. The molecule has 6 heteroatoms. The third kappa shape index (κ3) is 1.69. The van der Waals surface area contributed by atoms with Crippen LogP contribution in [0.25, 0.3) is 10.9 Å². The molecule has 6 nitrogen and oxygen atoms in total. The van der Waals surface area contributed by atoms with Gasteiger partial charge in [-0.05, 0) is 18.2 Å². The first-order valence-electron chi connectivity index (χ1n) is 5.41. The van der Waals surface area contributed by atoms with Crippen molar-refractivity contribution in [3.63, 3.8) is 0 Å². The summed E-state index contributed by atoms with van der Waals surface area (Å²) in [5.74, 6) is 0.342. The Morgan fingerprint density at radius 2 is 2.22 bits per heavy atom. The Labute approximate surface area is 102 Å². The number of aromatic amines is 2. The van der Waals surface area contributed by atoms with Gasteiger partial charge in [0.2, 0.25) is 0 Å². The molecule has 0 bridgehead atoms. The standard InChI is InChI=1S/C12H11N5O/c13-7-1-2-10-8(5-7)9(6-14-10)12(18)16-11-3-4-15-17-11/h1-6,14H,13H2,(H2,15,16,17,18). The quantitative estimate of drug-likeness (QED) is 0.514. The maximum absolute atomic E-state index is 12.1. The number of nitrogens with zero attached hydrogens (tertiary/aromatic N) is 1. The maximum Gasteiger partial charge on any atom is 0.258 e. The normalized spacial score (nSPS) is 10.7. The Balaban J connectivity index is 1.98. The molecule has 1 amide bonds. The number of hydrogen-bond acceptors (Lipinski definition) is 3. The van der Waals surface area contributed by atoms with Crippen molar-refractivity contribution < 1.29 is 4.79 Å². The number of benzene rings is 1. The minimum Gasteiger partial charge on any atom is -0.399 e. The largest absolute Gasteiger partial charge is 0.399 e. The highest BCUT2D eigenvalue weighted by Gasteiger charge is 2.12. The molecular weight excluding hydrogens is 230 g/mol. The van der Waals surface area contributed by atoms with Crippen LogP contribution in [-0.2, 0) is 0 Å². The molecule has 2 heterocycles. The van der Waals surface area contributed by atoms with Gasteiger partial charge in [0.15, 0.2) is 0 Å². The molecule has 3 rings (SSSR count). The van der Waals surface area contributed by atoms with Crippen LogP contribution in [0.15, 0.2) is 36.7 Å². The number of amides is 1. The van der Waals surface area contributed by atoms with Gasteiger partial charge in [-0.3, -0.25) is 9.89 Å². The molecule has 0 atom stereocenters. The van der Waals surface area contributed by atoms with Crippen LogP contribution in [0.4, 0.5) is 11.5 Å². The van der Waals surface area contributed by atoms with Crippen molar-refractivity contribution in [3.05, 3.63) is 42.2 Å². The monoisotopic (exact) mass is 241 g/mol. The fourth-order valence-corrected chi connectivity index (χ4v) is 1.84. The molecule has 0 spiro atoms. The van der Waals surface area contributed by atoms with E-state index < -0.39 is 0 Å². The van der Waals surface area contributed by atoms with Gasteiger partial charge in [-0.1, -0.05) is 0 Å². The van der Waals surface area contributed by atoms with Gasteiger partial charge >= 0.3 is 0 Å². The lowest BCUT2D eigenvalue weighted by atomic mass is 10.1. The number of nitrogens with two attached hydrogens (primary N) is 1. The van der Waals surface area contributed by atoms with Crippen molar-refractivity contribution in [1.29, 1.82) is 0 Å². The third-order valence-corrected chi connectivity index (χ3v) is 2.70. The molecule has 0 aliphatic heterocycles. The van der Waals surface area contributed by atoms with Gasteiger partial charge in [0.25, 0.3) is 5.91 Å². The van der Waals surface area contributed by atoms with Crippen LogP contribution in [0.5, 0.6) is 0 Å². The summed E-state index contributed by atoms with van der Waals surface area (Å²) < 4.78 is 0. The molecule has 18 heavy (non-hydrogen) atoms. The highest BCUT2D eigenvalue weighted by molar-refractivity contribution is 6.12. The summed E-state index contributed by atoms with van der Waals surface area (Å²) in [7, 11) is 0. The average molecular weight is 241 g/mol. The fraction of sp³-hybridized carbons (Fsp3) is 0. The summed E-state index contributed by atoms with van der Waals surface area (Å²) in [6.07, 6.45) is 3.23. The van der Waals surface area contributed by atoms with Gasteiger partial charge in [0.05, 0.1) is 11.8 Å². The summed E-state index contributed by atoms with van der Waals surface area (Å²) in [5.41, 5.74) is 7.77. The molecule has 1 aromatic carbocycles. The molecule has 5 N–H and O–H groups in total. The summed E-state index contributed by atoms with van der Waals surface area (Å²) in [6.45, 7) is 0. The van der Waals surface area contributed by atoms with Crippen LogP contribution in [0.2, 0.25) is 0 Å². The number of anilines is 2. The molecular formula is C12H11N5O. The van der Waals surface area contributed by atoms with Gasteiger partial charge in [-0.15, -0.1) is 0 Å². The van der Waals surface area contributed by atoms with Gasteiger partial charge in [-0.25, -0.2) is 0 Å². The first kappa shape index (κ1) is 10.4. The Kier molecular flexibility index (Phi) is 2.26. The lowest BCUT2D eigenvalue weighted by Crippen LogP contribution is -2.11. The molecule has 0 aliphatic rings. The van der Waals surface area contributed by atoms with Crippen LogP contribution in [0.3, 0.4) is 0 Å². The Hall–Kier alpha value is -2.76. The topological polar surface area (TPSA) is 99.6 Å². The number of aromatic nitrogens is 3. The third-order valence-electron chi connectivity index (χ3n) is 2.70. The van der Waals surface area contributed by atoms with Gasteiger partial charge in [0, 0.05) is 28.9 Å². The molecule has 0 fully saturated rings. The number of carbonyl (C=O) groups is 1. The zero-order chi connectivity index (χ0) is 12.5. The van der Waals surface area contributed by atoms with Crippen molar-refractivity contribution in [3.8, 4) is 0 Å². The molecule has 0 aliphatic carbocycles. The first-order chi connectivity index (χ1) is 8.74. The maximum atomic E-state index is 12.1. The van der Waals surface area contributed by atoms with Crippen molar-refractivity contribution in [2.75, 3.05) is 11.1 Å². The van der Waals surface area contributed by atoms with Crippen molar-refractivity contribution in [2.24, 2.45) is 0 Å². The number of fused-ring (bicyclic) bond motifs is 1. The van der Waals surface area contributed by atoms with E-state index in [1.807, 2.05) is 6.07 Å². The minimum atomic E-state index is -0.212. The van der Waals surface area contributed by atoms with E-state index in [0.29, 0.717) is 17.1 Å². The number of nitrogen functional groups attached to an aromatic ring is 1. The van der Waals surface area contributed by atoms with Gasteiger partial charge in [-0.2, -0.15) is 5.10 Å². The summed E-state index contributed by atoms with van der Waals surface area (Å²) in [5, 5.41) is 9.95. The summed E-state index contributed by atoms with van der Waals surface area (Å²) >= 11 is 0. The number of carbonyl (C=O) groups excluding carboxylic acids is 1. The fourth-order valence-electron chi connectivity index (χ4n) is 1.84. The Bertz CT molecular complexity index is 698. The summed E-state index contributed by atoms with van der Waals surface area (Å²) in [6, 6.07) is 7.09. The second-order valence-corrected chi connectivity index (χ2v) is 3.93. The van der Waals surface area contributed by atoms with E-state index in [1.165, 1.54) is 0 Å². The van der Waals surface area contributed by atoms with E-state index in [1.54, 1.807) is 30.6 Å². The highest BCUT2D eigenvalue weighted by Crippen LogP contribution is 2.21. The number of nitrogens with one attached hydrogen (secondary N) is 3. The van der Waals surface area contributed by atoms with Crippen LogP contribution in [0, 0.1) is 0 Å². The van der Waals surface area contributed by atoms with Gasteiger partial charge in [0.1, 0.15) is 5.82 Å². The SMILES string of the molecule is Nc1ccc2[nH]cc(C(=O)Nc3ccn[nH]3)c2c1.